The molecule has 4 rings (SSSR count). The first-order chi connectivity index (χ1) is 15.4. The summed E-state index contributed by atoms with van der Waals surface area (Å²) in [5.41, 5.74) is 5.11. The van der Waals surface area contributed by atoms with Gasteiger partial charge >= 0.3 is 5.69 Å². The molecule has 0 atom stereocenters. The number of rotatable bonds is 7. The number of amides is 1. The van der Waals surface area contributed by atoms with Crippen molar-refractivity contribution in [3.63, 3.8) is 0 Å². The van der Waals surface area contributed by atoms with E-state index in [1.807, 2.05) is 74.4 Å². The number of carbonyl (C=O) groups is 1. The van der Waals surface area contributed by atoms with Crippen molar-refractivity contribution >= 4 is 22.8 Å². The highest BCUT2D eigenvalue weighted by Crippen LogP contribution is 2.14. The van der Waals surface area contributed by atoms with Crippen LogP contribution >= 0.6 is 0 Å². The molecule has 1 amide bonds. The van der Waals surface area contributed by atoms with Crippen LogP contribution in [0.2, 0.25) is 0 Å². The van der Waals surface area contributed by atoms with Gasteiger partial charge in [0.25, 0.3) is 5.91 Å². The Hall–Kier alpha value is -3.87. The van der Waals surface area contributed by atoms with E-state index >= 15 is 0 Å². The molecule has 2 heterocycles. The van der Waals surface area contributed by atoms with Crippen molar-refractivity contribution < 1.29 is 4.79 Å². The molecule has 2 aromatic heterocycles. The first kappa shape index (κ1) is 21.4. The minimum absolute atomic E-state index is 0.135. The number of hydrogen-bond donors (Lipinski definition) is 1. The number of aromatic nitrogens is 3. The summed E-state index contributed by atoms with van der Waals surface area (Å²) in [6.07, 6.45) is 1.68. The first-order valence-electron chi connectivity index (χ1n) is 10.6. The predicted octanol–water partition coefficient (Wildman–Crippen LogP) is 3.05. The molecule has 4 aromatic rings. The summed E-state index contributed by atoms with van der Waals surface area (Å²) in [4.78, 5) is 32.1. The summed E-state index contributed by atoms with van der Waals surface area (Å²) in [5.74, 6) is -0.167. The summed E-state index contributed by atoms with van der Waals surface area (Å²) >= 11 is 0. The summed E-state index contributed by atoms with van der Waals surface area (Å²) in [6.45, 7) is 3.18. The molecule has 32 heavy (non-hydrogen) atoms. The number of nitrogens with zero attached hydrogens (tertiary/aromatic N) is 4. The number of pyridine rings is 1. The molecular formula is C25H27N5O2. The van der Waals surface area contributed by atoms with Gasteiger partial charge in [0.1, 0.15) is 0 Å². The van der Waals surface area contributed by atoms with E-state index in [0.29, 0.717) is 30.8 Å². The number of carbonyl (C=O) groups excluding carboxylic acids is 1. The van der Waals surface area contributed by atoms with Crippen molar-refractivity contribution in [2.24, 2.45) is 0 Å². The molecule has 0 aliphatic heterocycles. The average molecular weight is 430 g/mol. The van der Waals surface area contributed by atoms with Gasteiger partial charge < -0.3 is 10.2 Å². The topological polar surface area (TPSA) is 72.2 Å². The van der Waals surface area contributed by atoms with E-state index in [2.05, 4.69) is 10.3 Å². The molecule has 0 radical (unpaired) electrons. The van der Waals surface area contributed by atoms with Crippen molar-refractivity contribution in [2.45, 2.75) is 20.0 Å². The van der Waals surface area contributed by atoms with Gasteiger partial charge in [-0.05, 0) is 48.9 Å². The number of nitrogens with one attached hydrogen (secondary N) is 1. The van der Waals surface area contributed by atoms with Crippen LogP contribution in [0, 0.1) is 6.92 Å². The fraction of sp³-hybridized carbons (Fsp3) is 0.240. The smallest absolute Gasteiger partial charge is 0.330 e. The number of fused-ring (bicyclic) bond motifs is 1. The van der Waals surface area contributed by atoms with E-state index in [1.165, 1.54) is 5.56 Å². The van der Waals surface area contributed by atoms with Crippen LogP contribution in [-0.4, -0.2) is 40.7 Å². The van der Waals surface area contributed by atoms with Gasteiger partial charge in [-0.1, -0.05) is 29.8 Å². The van der Waals surface area contributed by atoms with E-state index in [0.717, 1.165) is 16.8 Å². The molecular weight excluding hydrogens is 402 g/mol. The maximum atomic E-state index is 13.2. The fourth-order valence-corrected chi connectivity index (χ4v) is 3.67. The van der Waals surface area contributed by atoms with Crippen LogP contribution < -0.4 is 15.9 Å². The Morgan fingerprint density at radius 2 is 1.72 bits per heavy atom. The van der Waals surface area contributed by atoms with E-state index in [9.17, 15) is 9.59 Å². The number of imidazole rings is 1. The normalized spacial score (nSPS) is 11.0. The minimum Gasteiger partial charge on any atom is -0.378 e. The molecule has 0 spiro atoms. The van der Waals surface area contributed by atoms with Gasteiger partial charge in [-0.25, -0.2) is 9.78 Å². The Balaban J connectivity index is 1.50. The van der Waals surface area contributed by atoms with Crippen molar-refractivity contribution in [1.29, 1.82) is 0 Å². The van der Waals surface area contributed by atoms with Gasteiger partial charge in [-0.15, -0.1) is 0 Å². The third-order valence-electron chi connectivity index (χ3n) is 5.50. The molecule has 1 N–H and O–H groups in total. The zero-order valence-electron chi connectivity index (χ0n) is 18.6. The second-order valence-corrected chi connectivity index (χ2v) is 8.05. The number of anilines is 1. The Morgan fingerprint density at radius 1 is 1.00 bits per heavy atom. The number of benzene rings is 2. The zero-order chi connectivity index (χ0) is 22.7. The lowest BCUT2D eigenvalue weighted by atomic mass is 10.1. The standard InChI is InChI=1S/C25H27N5O2/c1-18-6-8-19(9-7-18)17-30-22-5-4-14-26-23(22)29(25(30)32)16-15-27-24(31)20-10-12-21(13-11-20)28(2)3/h4-14H,15-17H2,1-3H3,(H,27,31). The Bertz CT molecular complexity index is 1280. The van der Waals surface area contributed by atoms with Crippen LogP contribution in [0.4, 0.5) is 5.69 Å². The molecule has 2 aromatic carbocycles. The van der Waals surface area contributed by atoms with E-state index in [1.54, 1.807) is 27.5 Å². The summed E-state index contributed by atoms with van der Waals surface area (Å²) in [6, 6.07) is 19.3. The summed E-state index contributed by atoms with van der Waals surface area (Å²) in [7, 11) is 3.91. The number of aryl methyl sites for hydroxylation is 1. The highest BCUT2D eigenvalue weighted by Gasteiger charge is 2.15. The molecule has 7 nitrogen and oxygen atoms in total. The lowest BCUT2D eigenvalue weighted by Crippen LogP contribution is -2.32. The Morgan fingerprint density at radius 3 is 2.41 bits per heavy atom. The molecule has 0 saturated carbocycles. The monoisotopic (exact) mass is 429 g/mol. The van der Waals surface area contributed by atoms with Gasteiger partial charge in [-0.2, -0.15) is 0 Å². The summed E-state index contributed by atoms with van der Waals surface area (Å²) < 4.78 is 3.35. The van der Waals surface area contributed by atoms with Crippen molar-refractivity contribution in [1.82, 2.24) is 19.4 Å². The third-order valence-corrected chi connectivity index (χ3v) is 5.50. The minimum atomic E-state index is -0.167. The fourth-order valence-electron chi connectivity index (χ4n) is 3.67. The average Bonchev–Trinajstić information content (AvgIpc) is 3.06. The first-order valence-corrected chi connectivity index (χ1v) is 10.6. The van der Waals surface area contributed by atoms with Gasteiger partial charge in [-0.3, -0.25) is 13.9 Å². The molecule has 0 aliphatic carbocycles. The highest BCUT2D eigenvalue weighted by atomic mass is 16.2. The lowest BCUT2D eigenvalue weighted by molar-refractivity contribution is 0.0952. The zero-order valence-corrected chi connectivity index (χ0v) is 18.6. The van der Waals surface area contributed by atoms with Gasteiger partial charge in [0.15, 0.2) is 5.65 Å². The predicted molar refractivity (Wildman–Crippen MR) is 127 cm³/mol. The molecule has 0 aliphatic rings. The maximum Gasteiger partial charge on any atom is 0.330 e. The molecule has 0 bridgehead atoms. The molecule has 0 fully saturated rings. The van der Waals surface area contributed by atoms with Gasteiger partial charge in [0, 0.05) is 44.6 Å². The van der Waals surface area contributed by atoms with Crippen molar-refractivity contribution in [2.75, 3.05) is 25.5 Å². The van der Waals surface area contributed by atoms with Crippen LogP contribution in [0.3, 0.4) is 0 Å². The second-order valence-electron chi connectivity index (χ2n) is 8.05. The van der Waals surface area contributed by atoms with Crippen LogP contribution in [0.1, 0.15) is 21.5 Å². The third kappa shape index (κ3) is 4.42. The molecule has 0 saturated heterocycles. The maximum absolute atomic E-state index is 13.2. The molecule has 0 unspecified atom stereocenters. The van der Waals surface area contributed by atoms with E-state index in [4.69, 9.17) is 0 Å². The van der Waals surface area contributed by atoms with Gasteiger partial charge in [0.05, 0.1) is 12.1 Å². The second kappa shape index (κ2) is 9.09. The molecule has 164 valence electrons. The largest absolute Gasteiger partial charge is 0.378 e. The van der Waals surface area contributed by atoms with Gasteiger partial charge in [0.2, 0.25) is 0 Å². The highest BCUT2D eigenvalue weighted by molar-refractivity contribution is 5.94. The SMILES string of the molecule is Cc1ccc(Cn2c(=O)n(CCNC(=O)c3ccc(N(C)C)cc3)c3ncccc32)cc1. The Kier molecular flexibility index (Phi) is 6.07. The quantitative estimate of drug-likeness (QED) is 0.490. The number of hydrogen-bond acceptors (Lipinski definition) is 4. The summed E-state index contributed by atoms with van der Waals surface area (Å²) in [5, 5.41) is 2.90. The van der Waals surface area contributed by atoms with Crippen LogP contribution in [0.25, 0.3) is 11.2 Å². The van der Waals surface area contributed by atoms with Crippen molar-refractivity contribution in [3.8, 4) is 0 Å². The molecule has 7 heteroatoms. The van der Waals surface area contributed by atoms with E-state index < -0.39 is 0 Å². The van der Waals surface area contributed by atoms with Crippen LogP contribution in [-0.2, 0) is 13.1 Å². The van der Waals surface area contributed by atoms with E-state index in [-0.39, 0.29) is 11.6 Å². The Labute approximate surface area is 186 Å². The van der Waals surface area contributed by atoms with Crippen LogP contribution in [0.15, 0.2) is 71.7 Å². The van der Waals surface area contributed by atoms with Crippen LogP contribution in [0.5, 0.6) is 0 Å². The lowest BCUT2D eigenvalue weighted by Gasteiger charge is -2.12. The van der Waals surface area contributed by atoms with Crippen molar-refractivity contribution in [3.05, 3.63) is 94.0 Å².